The second-order valence-corrected chi connectivity index (χ2v) is 11.3. The number of ether oxygens (including phenoxy) is 1. The maximum Gasteiger partial charge on any atom is 0.247 e. The van der Waals surface area contributed by atoms with Crippen LogP contribution in [0.25, 0.3) is 17.2 Å². The summed E-state index contributed by atoms with van der Waals surface area (Å²) in [5.74, 6) is 0.315. The van der Waals surface area contributed by atoms with E-state index in [2.05, 4.69) is 22.1 Å². The first-order valence-electron chi connectivity index (χ1n) is 15.4. The average Bonchev–Trinajstić information content (AvgIpc) is 3.13. The third-order valence-electron chi connectivity index (χ3n) is 8.37. The van der Waals surface area contributed by atoms with Crippen LogP contribution in [-0.4, -0.2) is 51.3 Å². The molecule has 5 aromatic rings. The van der Waals surface area contributed by atoms with Gasteiger partial charge in [-0.15, -0.1) is 0 Å². The number of pyridine rings is 2. The minimum Gasteiger partial charge on any atom is -0.495 e. The van der Waals surface area contributed by atoms with Crippen LogP contribution in [0.1, 0.15) is 27.9 Å². The number of nitrogens with zero attached hydrogens (tertiary/aromatic N) is 4. The van der Waals surface area contributed by atoms with Crippen molar-refractivity contribution in [2.24, 2.45) is 0 Å². The summed E-state index contributed by atoms with van der Waals surface area (Å²) in [5.41, 5.74) is 7.07. The van der Waals surface area contributed by atoms with Crippen molar-refractivity contribution in [3.05, 3.63) is 156 Å². The Kier molecular flexibility index (Phi) is 9.59. The molecular weight excluding hydrogens is 572 g/mol. The van der Waals surface area contributed by atoms with Gasteiger partial charge < -0.3 is 14.5 Å². The molecule has 0 N–H and O–H groups in total. The third kappa shape index (κ3) is 7.38. The van der Waals surface area contributed by atoms with Crippen molar-refractivity contribution in [1.29, 1.82) is 0 Å². The monoisotopic (exact) mass is 608 g/mol. The van der Waals surface area contributed by atoms with Gasteiger partial charge in [0.15, 0.2) is 0 Å². The highest BCUT2D eigenvalue weighted by atomic mass is 16.5. The molecule has 2 amide bonds. The Balaban J connectivity index is 1.34. The molecule has 1 aliphatic rings. The Labute approximate surface area is 269 Å². The van der Waals surface area contributed by atoms with Crippen molar-refractivity contribution in [3.8, 4) is 16.9 Å². The van der Waals surface area contributed by atoms with Crippen LogP contribution in [0.3, 0.4) is 0 Å². The number of fused-ring (bicyclic) bond motifs is 1. The number of benzene rings is 3. The number of aromatic nitrogens is 2. The molecule has 1 aliphatic heterocycles. The van der Waals surface area contributed by atoms with Crippen LogP contribution in [0.4, 0.5) is 0 Å². The Morgan fingerprint density at radius 1 is 0.848 bits per heavy atom. The van der Waals surface area contributed by atoms with Crippen molar-refractivity contribution >= 4 is 17.9 Å². The van der Waals surface area contributed by atoms with Crippen LogP contribution in [0.5, 0.6) is 5.75 Å². The van der Waals surface area contributed by atoms with Gasteiger partial charge in [0.05, 0.1) is 19.0 Å². The molecule has 0 fully saturated rings. The zero-order valence-electron chi connectivity index (χ0n) is 25.8. The van der Waals surface area contributed by atoms with E-state index < -0.39 is 6.04 Å². The standard InChI is InChI=1S/C39H36N4O3/c1-46-36-17-15-35(41-26-36)16-18-38(44)43(27-30-11-13-32(14-12-30)33-19-22-40-23-20-33)37(25-29-7-3-2-4-8-29)39(45)42-24-21-31-9-5-6-10-34(31)28-42/h2-20,22-23,26,37H,21,24-25,27-28H2,1H3/t37-/m0/s1. The number of carbonyl (C=O) groups excluding carboxylic acids is 2. The van der Waals surface area contributed by atoms with Gasteiger partial charge in [-0.2, -0.15) is 0 Å². The predicted octanol–water partition coefficient (Wildman–Crippen LogP) is 6.39. The number of amides is 2. The molecule has 0 saturated carbocycles. The highest BCUT2D eigenvalue weighted by Crippen LogP contribution is 2.24. The van der Waals surface area contributed by atoms with E-state index in [4.69, 9.17) is 4.74 Å². The van der Waals surface area contributed by atoms with Crippen molar-refractivity contribution < 1.29 is 14.3 Å². The van der Waals surface area contributed by atoms with Gasteiger partial charge in [0, 0.05) is 44.5 Å². The summed E-state index contributed by atoms with van der Waals surface area (Å²) < 4.78 is 5.22. The van der Waals surface area contributed by atoms with Gasteiger partial charge in [0.25, 0.3) is 0 Å². The lowest BCUT2D eigenvalue weighted by Gasteiger charge is -2.37. The topological polar surface area (TPSA) is 75.6 Å². The molecule has 3 aromatic carbocycles. The molecule has 0 aliphatic carbocycles. The lowest BCUT2D eigenvalue weighted by Crippen LogP contribution is -2.52. The van der Waals surface area contributed by atoms with Gasteiger partial charge in [0.2, 0.25) is 11.8 Å². The maximum absolute atomic E-state index is 14.5. The van der Waals surface area contributed by atoms with Crippen LogP contribution in [0, 0.1) is 0 Å². The van der Waals surface area contributed by atoms with Gasteiger partial charge in [0.1, 0.15) is 11.8 Å². The second-order valence-electron chi connectivity index (χ2n) is 11.3. The Morgan fingerprint density at radius 2 is 1.57 bits per heavy atom. The zero-order valence-corrected chi connectivity index (χ0v) is 25.8. The predicted molar refractivity (Wildman–Crippen MR) is 180 cm³/mol. The van der Waals surface area contributed by atoms with Crippen LogP contribution in [0.2, 0.25) is 0 Å². The van der Waals surface area contributed by atoms with Crippen molar-refractivity contribution in [1.82, 2.24) is 19.8 Å². The van der Waals surface area contributed by atoms with Crippen LogP contribution in [-0.2, 0) is 35.5 Å². The number of hydrogen-bond donors (Lipinski definition) is 0. The molecule has 46 heavy (non-hydrogen) atoms. The molecule has 1 atom stereocenters. The highest BCUT2D eigenvalue weighted by molar-refractivity contribution is 5.95. The lowest BCUT2D eigenvalue weighted by atomic mass is 9.97. The lowest BCUT2D eigenvalue weighted by molar-refractivity contribution is -0.144. The van der Waals surface area contributed by atoms with E-state index in [9.17, 15) is 9.59 Å². The Morgan fingerprint density at radius 3 is 2.28 bits per heavy atom. The zero-order chi connectivity index (χ0) is 31.7. The van der Waals surface area contributed by atoms with Gasteiger partial charge in [-0.25, -0.2) is 0 Å². The molecule has 0 unspecified atom stereocenters. The molecule has 0 bridgehead atoms. The first kappa shape index (κ1) is 30.5. The quantitative estimate of drug-likeness (QED) is 0.172. The largest absolute Gasteiger partial charge is 0.495 e. The minimum absolute atomic E-state index is 0.0592. The molecule has 0 saturated heterocycles. The number of carbonyl (C=O) groups is 2. The van der Waals surface area contributed by atoms with Crippen LogP contribution >= 0.6 is 0 Å². The van der Waals surface area contributed by atoms with Gasteiger partial charge in [-0.1, -0.05) is 78.9 Å². The van der Waals surface area contributed by atoms with E-state index in [0.29, 0.717) is 31.0 Å². The molecule has 7 heteroatoms. The van der Waals surface area contributed by atoms with E-state index in [0.717, 1.165) is 34.2 Å². The second kappa shape index (κ2) is 14.5. The molecule has 3 heterocycles. The SMILES string of the molecule is COc1ccc(C=CC(=O)N(Cc2ccc(-c3ccncc3)cc2)[C@@H](Cc2ccccc2)C(=O)N2CCc3ccccc3C2)nc1. The van der Waals surface area contributed by atoms with Crippen molar-refractivity contribution in [2.45, 2.75) is 32.0 Å². The van der Waals surface area contributed by atoms with E-state index >= 15 is 0 Å². The minimum atomic E-state index is -0.714. The summed E-state index contributed by atoms with van der Waals surface area (Å²) in [6, 6.07) is 33.1. The van der Waals surface area contributed by atoms with E-state index in [1.165, 1.54) is 11.6 Å². The molecule has 0 radical (unpaired) electrons. The van der Waals surface area contributed by atoms with Crippen molar-refractivity contribution in [3.63, 3.8) is 0 Å². The van der Waals surface area contributed by atoms with E-state index in [1.54, 1.807) is 48.8 Å². The number of hydrogen-bond acceptors (Lipinski definition) is 5. The number of methoxy groups -OCH3 is 1. The van der Waals surface area contributed by atoms with E-state index in [-0.39, 0.29) is 18.4 Å². The smallest absolute Gasteiger partial charge is 0.247 e. The first-order valence-corrected chi connectivity index (χ1v) is 15.4. The molecular formula is C39H36N4O3. The molecule has 7 nitrogen and oxygen atoms in total. The number of rotatable bonds is 10. The molecule has 6 rings (SSSR count). The third-order valence-corrected chi connectivity index (χ3v) is 8.37. The summed E-state index contributed by atoms with van der Waals surface area (Å²) in [5, 5.41) is 0. The summed E-state index contributed by atoms with van der Waals surface area (Å²) >= 11 is 0. The molecule has 230 valence electrons. The van der Waals surface area contributed by atoms with E-state index in [1.807, 2.05) is 83.8 Å². The van der Waals surface area contributed by atoms with Gasteiger partial charge in [-0.05, 0) is 70.1 Å². The fourth-order valence-corrected chi connectivity index (χ4v) is 5.81. The Bertz CT molecular complexity index is 1790. The fraction of sp³-hybridized carbons (Fsp3) is 0.179. The first-order chi connectivity index (χ1) is 22.6. The molecule has 2 aromatic heterocycles. The highest BCUT2D eigenvalue weighted by Gasteiger charge is 2.34. The summed E-state index contributed by atoms with van der Waals surface area (Å²) in [7, 11) is 1.59. The summed E-state index contributed by atoms with van der Waals surface area (Å²) in [6.45, 7) is 1.40. The fourth-order valence-electron chi connectivity index (χ4n) is 5.81. The Hall–Kier alpha value is -5.56. The average molecular weight is 609 g/mol. The van der Waals surface area contributed by atoms with Crippen molar-refractivity contribution in [2.75, 3.05) is 13.7 Å². The van der Waals surface area contributed by atoms with Gasteiger partial charge in [-0.3, -0.25) is 19.6 Å². The molecule has 0 spiro atoms. The maximum atomic E-state index is 14.5. The van der Waals surface area contributed by atoms with Crippen LogP contribution < -0.4 is 4.74 Å². The van der Waals surface area contributed by atoms with Crippen LogP contribution in [0.15, 0.2) is 128 Å². The van der Waals surface area contributed by atoms with Gasteiger partial charge >= 0.3 is 0 Å². The normalized spacial score (nSPS) is 13.2. The summed E-state index contributed by atoms with van der Waals surface area (Å²) in [4.78, 5) is 40.8. The summed E-state index contributed by atoms with van der Waals surface area (Å²) in [6.07, 6.45) is 9.53.